The number of amides is 2. The van der Waals surface area contributed by atoms with Crippen molar-refractivity contribution in [3.05, 3.63) is 46.2 Å². The molecule has 2 aliphatic heterocycles. The average Bonchev–Trinajstić information content (AvgIpc) is 3.64. The Morgan fingerprint density at radius 2 is 1.71 bits per heavy atom. The van der Waals surface area contributed by atoms with E-state index in [9.17, 15) is 14.4 Å². The Labute approximate surface area is 240 Å². The summed E-state index contributed by atoms with van der Waals surface area (Å²) in [6, 6.07) is 8.94. The van der Waals surface area contributed by atoms with Crippen molar-refractivity contribution in [3.63, 3.8) is 0 Å². The summed E-state index contributed by atoms with van der Waals surface area (Å²) >= 11 is 1.20. The molecule has 0 aliphatic carbocycles. The first kappa shape index (κ1) is 28.6. The van der Waals surface area contributed by atoms with Crippen molar-refractivity contribution in [1.82, 2.24) is 20.2 Å². The molecule has 0 spiro atoms. The molecule has 1 aromatic heterocycles. The summed E-state index contributed by atoms with van der Waals surface area (Å²) in [4.78, 5) is 42.8. The van der Waals surface area contributed by atoms with Crippen LogP contribution in [0.5, 0.6) is 23.0 Å². The van der Waals surface area contributed by atoms with Crippen LogP contribution in [0.4, 0.5) is 0 Å². The number of rotatable bonds is 14. The normalized spacial score (nSPS) is 13.0. The maximum absolute atomic E-state index is 13.5. The van der Waals surface area contributed by atoms with E-state index in [1.807, 2.05) is 18.2 Å². The van der Waals surface area contributed by atoms with Gasteiger partial charge in [-0.3, -0.25) is 19.0 Å². The Morgan fingerprint density at radius 1 is 0.951 bits per heavy atom. The van der Waals surface area contributed by atoms with Crippen LogP contribution in [0.2, 0.25) is 0 Å². The highest BCUT2D eigenvalue weighted by Gasteiger charge is 2.20. The van der Waals surface area contributed by atoms with Gasteiger partial charge in [-0.05, 0) is 36.6 Å². The van der Waals surface area contributed by atoms with Gasteiger partial charge in [-0.1, -0.05) is 24.2 Å². The molecule has 41 heavy (non-hydrogen) atoms. The minimum absolute atomic E-state index is 0.0426. The SMILES string of the molecule is COCCNC(=O)CSc1nc2cc3c(cc2c(=O)n1CCCCCC(=O)NCc1ccc2c(c1)OCO2)OCO3. The monoisotopic (exact) mass is 584 g/mol. The third-order valence-corrected chi connectivity index (χ3v) is 7.56. The molecular formula is C28H32N4O8S. The van der Waals surface area contributed by atoms with Gasteiger partial charge in [-0.15, -0.1) is 0 Å². The molecule has 2 amide bonds. The third kappa shape index (κ3) is 7.22. The van der Waals surface area contributed by atoms with Gasteiger partial charge in [0.05, 0.1) is 23.3 Å². The van der Waals surface area contributed by atoms with Gasteiger partial charge in [-0.2, -0.15) is 0 Å². The standard InChI is InChI=1S/C28H32N4O8S/c1-36-10-8-29-26(34)15-41-28-31-20-13-24-23(39-17-40-24)12-19(20)27(35)32(28)9-4-2-3-5-25(33)30-14-18-6-7-21-22(11-18)38-16-37-21/h6-7,11-13H,2-5,8-10,14-17H2,1H3,(H,29,34)(H,30,33). The molecule has 218 valence electrons. The van der Waals surface area contributed by atoms with Gasteiger partial charge in [0.1, 0.15) is 0 Å². The lowest BCUT2D eigenvalue weighted by Gasteiger charge is -2.13. The molecule has 2 aliphatic rings. The van der Waals surface area contributed by atoms with Crippen LogP contribution in [0.15, 0.2) is 40.3 Å². The lowest BCUT2D eigenvalue weighted by atomic mass is 10.1. The van der Waals surface area contributed by atoms with Gasteiger partial charge in [-0.25, -0.2) is 4.98 Å². The maximum atomic E-state index is 13.5. The molecule has 0 unspecified atom stereocenters. The van der Waals surface area contributed by atoms with Crippen LogP contribution in [0, 0.1) is 0 Å². The van der Waals surface area contributed by atoms with Crippen molar-refractivity contribution < 1.29 is 33.3 Å². The Morgan fingerprint density at radius 3 is 2.51 bits per heavy atom. The second kappa shape index (κ2) is 13.6. The number of thioether (sulfide) groups is 1. The second-order valence-electron chi connectivity index (χ2n) is 9.48. The second-order valence-corrected chi connectivity index (χ2v) is 10.4. The van der Waals surface area contributed by atoms with Crippen molar-refractivity contribution in [3.8, 4) is 23.0 Å². The fourth-order valence-corrected chi connectivity index (χ4v) is 5.30. The fourth-order valence-electron chi connectivity index (χ4n) is 4.44. The molecule has 5 rings (SSSR count). The molecule has 2 aromatic carbocycles. The smallest absolute Gasteiger partial charge is 0.262 e. The predicted molar refractivity (Wildman–Crippen MR) is 151 cm³/mol. The summed E-state index contributed by atoms with van der Waals surface area (Å²) < 4.78 is 28.1. The number of unbranched alkanes of at least 4 members (excludes halogenated alkanes) is 2. The number of benzene rings is 2. The maximum Gasteiger partial charge on any atom is 0.262 e. The zero-order chi connectivity index (χ0) is 28.6. The summed E-state index contributed by atoms with van der Waals surface area (Å²) in [5.74, 6) is 2.32. The van der Waals surface area contributed by atoms with Gasteiger partial charge < -0.3 is 34.3 Å². The van der Waals surface area contributed by atoms with Crippen molar-refractivity contribution in [2.75, 3.05) is 39.6 Å². The number of fused-ring (bicyclic) bond motifs is 3. The molecule has 0 bridgehead atoms. The first-order valence-electron chi connectivity index (χ1n) is 13.4. The Bertz CT molecular complexity index is 1480. The molecule has 0 radical (unpaired) electrons. The zero-order valence-corrected chi connectivity index (χ0v) is 23.6. The minimum atomic E-state index is -0.211. The van der Waals surface area contributed by atoms with Gasteiger partial charge in [0, 0.05) is 39.2 Å². The number of aromatic nitrogens is 2. The number of nitrogens with one attached hydrogen (secondary N) is 2. The number of carbonyl (C=O) groups excluding carboxylic acids is 2. The summed E-state index contributed by atoms with van der Waals surface area (Å²) in [6.45, 7) is 1.94. The summed E-state index contributed by atoms with van der Waals surface area (Å²) in [5.41, 5.74) is 1.21. The Balaban J connectivity index is 1.16. The van der Waals surface area contributed by atoms with E-state index in [0.717, 1.165) is 12.0 Å². The number of nitrogens with zero attached hydrogens (tertiary/aromatic N) is 2. The van der Waals surface area contributed by atoms with E-state index in [-0.39, 0.29) is 36.7 Å². The van der Waals surface area contributed by atoms with Crippen molar-refractivity contribution in [1.29, 1.82) is 0 Å². The van der Waals surface area contributed by atoms with E-state index in [1.54, 1.807) is 23.8 Å². The van der Waals surface area contributed by atoms with E-state index in [4.69, 9.17) is 23.7 Å². The first-order chi connectivity index (χ1) is 20.0. The Hall–Kier alpha value is -3.97. The molecule has 0 saturated heterocycles. The van der Waals surface area contributed by atoms with E-state index < -0.39 is 0 Å². The third-order valence-electron chi connectivity index (χ3n) is 6.59. The van der Waals surface area contributed by atoms with Gasteiger partial charge in [0.2, 0.25) is 25.4 Å². The van der Waals surface area contributed by atoms with Gasteiger partial charge in [0.25, 0.3) is 5.56 Å². The fraction of sp³-hybridized carbons (Fsp3) is 0.429. The summed E-state index contributed by atoms with van der Waals surface area (Å²) in [6.07, 6.45) is 2.46. The van der Waals surface area contributed by atoms with E-state index in [0.29, 0.717) is 84.6 Å². The van der Waals surface area contributed by atoms with Crippen LogP contribution < -0.4 is 35.1 Å². The summed E-state index contributed by atoms with van der Waals surface area (Å²) in [7, 11) is 1.57. The highest BCUT2D eigenvalue weighted by atomic mass is 32.2. The highest BCUT2D eigenvalue weighted by Crippen LogP contribution is 2.35. The van der Waals surface area contributed by atoms with Crippen LogP contribution in [-0.4, -0.2) is 61.0 Å². The highest BCUT2D eigenvalue weighted by molar-refractivity contribution is 7.99. The molecule has 3 aromatic rings. The van der Waals surface area contributed by atoms with Crippen LogP contribution in [0.3, 0.4) is 0 Å². The molecule has 2 N–H and O–H groups in total. The molecular weight excluding hydrogens is 552 g/mol. The lowest BCUT2D eigenvalue weighted by Crippen LogP contribution is -2.29. The van der Waals surface area contributed by atoms with Crippen molar-refractivity contribution in [2.24, 2.45) is 0 Å². The molecule has 0 saturated carbocycles. The van der Waals surface area contributed by atoms with Crippen LogP contribution in [0.1, 0.15) is 31.2 Å². The number of ether oxygens (including phenoxy) is 5. The number of methoxy groups -OCH3 is 1. The van der Waals surface area contributed by atoms with Crippen molar-refractivity contribution >= 4 is 34.5 Å². The van der Waals surface area contributed by atoms with Gasteiger partial charge >= 0.3 is 0 Å². The molecule has 0 fully saturated rings. The number of hydrogen-bond donors (Lipinski definition) is 2. The van der Waals surface area contributed by atoms with E-state index >= 15 is 0 Å². The van der Waals surface area contributed by atoms with Crippen molar-refractivity contribution in [2.45, 2.75) is 43.9 Å². The first-order valence-corrected chi connectivity index (χ1v) is 14.4. The zero-order valence-electron chi connectivity index (χ0n) is 22.7. The van der Waals surface area contributed by atoms with Crippen LogP contribution in [-0.2, 0) is 27.4 Å². The van der Waals surface area contributed by atoms with Crippen LogP contribution >= 0.6 is 11.8 Å². The summed E-state index contributed by atoms with van der Waals surface area (Å²) in [5, 5.41) is 6.58. The molecule has 0 atom stereocenters. The average molecular weight is 585 g/mol. The van der Waals surface area contributed by atoms with E-state index in [2.05, 4.69) is 15.6 Å². The van der Waals surface area contributed by atoms with Crippen LogP contribution in [0.25, 0.3) is 10.9 Å². The number of carbonyl (C=O) groups is 2. The minimum Gasteiger partial charge on any atom is -0.454 e. The quantitative estimate of drug-likeness (QED) is 0.165. The topological polar surface area (TPSA) is 139 Å². The number of hydrogen-bond acceptors (Lipinski definition) is 10. The largest absolute Gasteiger partial charge is 0.454 e. The predicted octanol–water partition coefficient (Wildman–Crippen LogP) is 2.59. The van der Waals surface area contributed by atoms with E-state index in [1.165, 1.54) is 11.8 Å². The molecule has 12 nitrogen and oxygen atoms in total. The molecule has 3 heterocycles. The lowest BCUT2D eigenvalue weighted by molar-refractivity contribution is -0.121. The Kier molecular flexibility index (Phi) is 9.47. The van der Waals surface area contributed by atoms with Gasteiger partial charge in [0.15, 0.2) is 28.2 Å². The molecule has 13 heteroatoms.